The summed E-state index contributed by atoms with van der Waals surface area (Å²) in [4.78, 5) is 35.2. The van der Waals surface area contributed by atoms with Crippen molar-refractivity contribution >= 4 is 18.0 Å². The van der Waals surface area contributed by atoms with Crippen molar-refractivity contribution in [2.75, 3.05) is 6.61 Å². The first kappa shape index (κ1) is 21.9. The third kappa shape index (κ3) is 12.5. The second kappa shape index (κ2) is 9.30. The van der Waals surface area contributed by atoms with Gasteiger partial charge < -0.3 is 19.5 Å². The molecule has 138 valence electrons. The lowest BCUT2D eigenvalue weighted by Gasteiger charge is -2.23. The zero-order valence-corrected chi connectivity index (χ0v) is 15.6. The SMILES string of the molecule is CCOC(=O)/C=C/[C@H](CC(=O)OC(C)(C)C)NC(=O)OC(C)(C)C. The normalized spacial score (nSPS) is 13.3. The van der Waals surface area contributed by atoms with Gasteiger partial charge in [-0.3, -0.25) is 4.79 Å². The summed E-state index contributed by atoms with van der Waals surface area (Å²) < 4.78 is 15.2. The molecule has 0 aliphatic carbocycles. The molecule has 0 radical (unpaired) electrons. The molecule has 0 aliphatic rings. The molecule has 0 fully saturated rings. The van der Waals surface area contributed by atoms with E-state index >= 15 is 0 Å². The Kier molecular flexibility index (Phi) is 8.50. The summed E-state index contributed by atoms with van der Waals surface area (Å²) in [5.41, 5.74) is -1.32. The van der Waals surface area contributed by atoms with Gasteiger partial charge in [-0.25, -0.2) is 9.59 Å². The Morgan fingerprint density at radius 2 is 1.54 bits per heavy atom. The van der Waals surface area contributed by atoms with E-state index < -0.39 is 35.3 Å². The number of carbonyl (C=O) groups is 3. The monoisotopic (exact) mass is 343 g/mol. The smallest absolute Gasteiger partial charge is 0.408 e. The van der Waals surface area contributed by atoms with Crippen molar-refractivity contribution in [2.45, 2.75) is 72.1 Å². The van der Waals surface area contributed by atoms with Gasteiger partial charge >= 0.3 is 18.0 Å². The van der Waals surface area contributed by atoms with Crippen LogP contribution in [-0.2, 0) is 23.8 Å². The molecule has 0 bridgehead atoms. The number of nitrogens with one attached hydrogen (secondary N) is 1. The number of esters is 2. The van der Waals surface area contributed by atoms with E-state index in [1.54, 1.807) is 48.5 Å². The van der Waals surface area contributed by atoms with Gasteiger partial charge in [0.1, 0.15) is 11.2 Å². The van der Waals surface area contributed by atoms with Gasteiger partial charge in [-0.05, 0) is 48.5 Å². The molecule has 1 atom stereocenters. The Bertz CT molecular complexity index is 440. The maximum atomic E-state index is 11.9. The van der Waals surface area contributed by atoms with Crippen LogP contribution in [0.15, 0.2) is 12.2 Å². The van der Waals surface area contributed by atoms with Crippen LogP contribution in [0.4, 0.5) is 4.79 Å². The van der Waals surface area contributed by atoms with Gasteiger partial charge in [0.05, 0.1) is 19.1 Å². The molecule has 0 saturated carbocycles. The quantitative estimate of drug-likeness (QED) is 0.453. The van der Waals surface area contributed by atoms with Crippen molar-refractivity contribution in [3.8, 4) is 0 Å². The minimum Gasteiger partial charge on any atom is -0.463 e. The first-order valence-corrected chi connectivity index (χ1v) is 7.88. The third-order valence-electron chi connectivity index (χ3n) is 2.26. The number of rotatable bonds is 6. The van der Waals surface area contributed by atoms with Gasteiger partial charge in [0.2, 0.25) is 0 Å². The molecule has 7 heteroatoms. The highest BCUT2D eigenvalue weighted by molar-refractivity contribution is 5.82. The second-order valence-corrected chi connectivity index (χ2v) is 7.15. The third-order valence-corrected chi connectivity index (χ3v) is 2.26. The molecule has 0 aromatic rings. The van der Waals surface area contributed by atoms with Gasteiger partial charge in [-0.15, -0.1) is 0 Å². The van der Waals surface area contributed by atoms with Crippen molar-refractivity contribution in [1.29, 1.82) is 0 Å². The molecule has 7 nitrogen and oxygen atoms in total. The van der Waals surface area contributed by atoms with Crippen LogP contribution in [0.1, 0.15) is 54.9 Å². The molecule has 0 aromatic heterocycles. The molecule has 0 aromatic carbocycles. The van der Waals surface area contributed by atoms with Crippen LogP contribution >= 0.6 is 0 Å². The van der Waals surface area contributed by atoms with E-state index in [9.17, 15) is 14.4 Å². The molecule has 24 heavy (non-hydrogen) atoms. The second-order valence-electron chi connectivity index (χ2n) is 7.15. The number of alkyl carbamates (subject to hydrolysis) is 1. The Hall–Kier alpha value is -2.05. The van der Waals surface area contributed by atoms with Crippen molar-refractivity contribution in [3.05, 3.63) is 12.2 Å². The van der Waals surface area contributed by atoms with Crippen LogP contribution in [0, 0.1) is 0 Å². The summed E-state index contributed by atoms with van der Waals surface area (Å²) in [5.74, 6) is -1.06. The molecule has 0 rings (SSSR count). The van der Waals surface area contributed by atoms with Crippen molar-refractivity contribution < 1.29 is 28.6 Å². The van der Waals surface area contributed by atoms with Crippen molar-refractivity contribution in [3.63, 3.8) is 0 Å². The molecule has 0 spiro atoms. The largest absolute Gasteiger partial charge is 0.463 e. The van der Waals surface area contributed by atoms with Crippen molar-refractivity contribution in [1.82, 2.24) is 5.32 Å². The molecule has 1 amide bonds. The maximum Gasteiger partial charge on any atom is 0.408 e. The first-order chi connectivity index (χ1) is 10.8. The highest BCUT2D eigenvalue weighted by Gasteiger charge is 2.23. The van der Waals surface area contributed by atoms with Gasteiger partial charge in [0.15, 0.2) is 0 Å². The number of amides is 1. The number of carbonyl (C=O) groups excluding carboxylic acids is 3. The van der Waals surface area contributed by atoms with Gasteiger partial charge in [0, 0.05) is 6.08 Å². The van der Waals surface area contributed by atoms with Gasteiger partial charge in [-0.1, -0.05) is 6.08 Å². The van der Waals surface area contributed by atoms with E-state index in [1.807, 2.05) is 0 Å². The van der Waals surface area contributed by atoms with E-state index in [0.717, 1.165) is 6.08 Å². The minimum atomic E-state index is -0.751. The average Bonchev–Trinajstić information content (AvgIpc) is 2.31. The molecule has 0 unspecified atom stereocenters. The fraction of sp³-hybridized carbons (Fsp3) is 0.706. The summed E-state index contributed by atoms with van der Waals surface area (Å²) in [5, 5.41) is 2.53. The van der Waals surface area contributed by atoms with Gasteiger partial charge in [0.25, 0.3) is 0 Å². The lowest BCUT2D eigenvalue weighted by Crippen LogP contribution is -2.40. The fourth-order valence-electron chi connectivity index (χ4n) is 1.57. The Morgan fingerprint density at radius 1 is 1.00 bits per heavy atom. The topological polar surface area (TPSA) is 90.9 Å². The number of hydrogen-bond acceptors (Lipinski definition) is 6. The molecular weight excluding hydrogens is 314 g/mol. The highest BCUT2D eigenvalue weighted by atomic mass is 16.6. The van der Waals surface area contributed by atoms with E-state index in [-0.39, 0.29) is 13.0 Å². The van der Waals surface area contributed by atoms with Crippen LogP contribution in [-0.4, -0.2) is 41.9 Å². The Balaban J connectivity index is 4.92. The summed E-state index contributed by atoms with van der Waals surface area (Å²) >= 11 is 0. The summed E-state index contributed by atoms with van der Waals surface area (Å²) in [6.45, 7) is 12.3. The van der Waals surface area contributed by atoms with Crippen LogP contribution < -0.4 is 5.32 Å². The average molecular weight is 343 g/mol. The summed E-state index contributed by atoms with van der Waals surface area (Å²) in [6, 6.07) is -0.751. The van der Waals surface area contributed by atoms with E-state index in [1.165, 1.54) is 6.08 Å². The lowest BCUT2D eigenvalue weighted by molar-refractivity contribution is -0.155. The zero-order valence-electron chi connectivity index (χ0n) is 15.6. The Morgan fingerprint density at radius 3 is 2.00 bits per heavy atom. The molecule has 0 heterocycles. The lowest BCUT2D eigenvalue weighted by atomic mass is 10.1. The zero-order chi connectivity index (χ0) is 19.0. The van der Waals surface area contributed by atoms with Crippen molar-refractivity contribution in [2.24, 2.45) is 0 Å². The van der Waals surface area contributed by atoms with Crippen LogP contribution in [0.3, 0.4) is 0 Å². The molecular formula is C17H29NO6. The van der Waals surface area contributed by atoms with E-state index in [0.29, 0.717) is 0 Å². The highest BCUT2D eigenvalue weighted by Crippen LogP contribution is 2.11. The van der Waals surface area contributed by atoms with E-state index in [4.69, 9.17) is 14.2 Å². The van der Waals surface area contributed by atoms with Gasteiger partial charge in [-0.2, -0.15) is 0 Å². The standard InChI is InChI=1S/C17H29NO6/c1-8-22-13(19)10-9-12(11-14(20)23-16(2,3)4)18-15(21)24-17(5,6)7/h9-10,12H,8,11H2,1-7H3,(H,18,21)/b10-9+/t12-/m1/s1. The van der Waals surface area contributed by atoms with Crippen LogP contribution in [0.5, 0.6) is 0 Å². The fourth-order valence-corrected chi connectivity index (χ4v) is 1.57. The summed E-state index contributed by atoms with van der Waals surface area (Å²) in [6.07, 6.45) is 1.72. The van der Waals surface area contributed by atoms with Crippen LogP contribution in [0.2, 0.25) is 0 Å². The number of ether oxygens (including phenoxy) is 3. The Labute approximate surface area is 143 Å². The summed E-state index contributed by atoms with van der Waals surface area (Å²) in [7, 11) is 0. The van der Waals surface area contributed by atoms with E-state index in [2.05, 4.69) is 5.32 Å². The van der Waals surface area contributed by atoms with Crippen LogP contribution in [0.25, 0.3) is 0 Å². The number of hydrogen-bond donors (Lipinski definition) is 1. The minimum absolute atomic E-state index is 0.133. The molecule has 0 saturated heterocycles. The maximum absolute atomic E-state index is 11.9. The first-order valence-electron chi connectivity index (χ1n) is 7.88. The predicted octanol–water partition coefficient (Wildman–Crippen LogP) is 2.73. The predicted molar refractivity (Wildman–Crippen MR) is 89.4 cm³/mol. The molecule has 1 N–H and O–H groups in total. The molecule has 0 aliphatic heterocycles.